The SMILES string of the molecule is COc1cc2c(cc1OCCCOc1cc3c(cc1OC)CN(C(=O)C[C@H](C)C(=O)O)C3)CN(C(=O)CCC(=O)O)C2.[NaH]. The van der Waals surface area contributed by atoms with E-state index in [4.69, 9.17) is 29.2 Å². The molecule has 12 nitrogen and oxygen atoms in total. The van der Waals surface area contributed by atoms with Gasteiger partial charge in [-0.15, -0.1) is 0 Å². The minimum absolute atomic E-state index is 0. The Kier molecular flexibility index (Phi) is 12.1. The number of carboxylic acids is 2. The van der Waals surface area contributed by atoms with Crippen molar-refractivity contribution >= 4 is 53.3 Å². The Morgan fingerprint density at radius 3 is 1.53 bits per heavy atom. The van der Waals surface area contributed by atoms with Gasteiger partial charge in [0.25, 0.3) is 0 Å². The van der Waals surface area contributed by atoms with Gasteiger partial charge in [-0.2, -0.15) is 0 Å². The third-order valence-electron chi connectivity index (χ3n) is 7.38. The molecule has 0 aliphatic carbocycles. The molecular formula is C30H37N2NaO10. The van der Waals surface area contributed by atoms with Crippen molar-refractivity contribution in [3.05, 3.63) is 46.5 Å². The van der Waals surface area contributed by atoms with E-state index in [-0.39, 0.29) is 60.6 Å². The van der Waals surface area contributed by atoms with Gasteiger partial charge in [-0.25, -0.2) is 0 Å². The Bertz CT molecular complexity index is 1360. The van der Waals surface area contributed by atoms with Crippen LogP contribution in [0.15, 0.2) is 24.3 Å². The first kappa shape index (κ1) is 34.0. The number of fused-ring (bicyclic) bond motifs is 2. The normalized spacial score (nSPS) is 13.8. The van der Waals surface area contributed by atoms with Crippen LogP contribution < -0.4 is 18.9 Å². The summed E-state index contributed by atoms with van der Waals surface area (Å²) in [5, 5.41) is 18.0. The van der Waals surface area contributed by atoms with Crippen LogP contribution in [0.4, 0.5) is 0 Å². The summed E-state index contributed by atoms with van der Waals surface area (Å²) in [6.45, 7) is 3.75. The number of hydrogen-bond acceptors (Lipinski definition) is 8. The van der Waals surface area contributed by atoms with Crippen LogP contribution in [0.1, 0.15) is 54.9 Å². The second-order valence-corrected chi connectivity index (χ2v) is 10.4. The number of rotatable bonds is 14. The van der Waals surface area contributed by atoms with E-state index >= 15 is 0 Å². The van der Waals surface area contributed by atoms with Gasteiger partial charge in [-0.3, -0.25) is 19.2 Å². The van der Waals surface area contributed by atoms with Gasteiger partial charge >= 0.3 is 41.5 Å². The fraction of sp³-hybridized carbons (Fsp3) is 0.467. The van der Waals surface area contributed by atoms with Crippen LogP contribution in [-0.2, 0) is 45.4 Å². The molecule has 13 heteroatoms. The molecule has 2 aliphatic rings. The molecule has 0 spiro atoms. The van der Waals surface area contributed by atoms with Gasteiger partial charge in [0.15, 0.2) is 23.0 Å². The second kappa shape index (κ2) is 15.3. The zero-order valence-electron chi connectivity index (χ0n) is 24.0. The maximum absolute atomic E-state index is 12.6. The molecule has 0 saturated heterocycles. The molecule has 4 rings (SSSR count). The fourth-order valence-electron chi connectivity index (χ4n) is 4.98. The van der Waals surface area contributed by atoms with E-state index in [2.05, 4.69) is 0 Å². The first-order chi connectivity index (χ1) is 20.1. The molecule has 0 aromatic heterocycles. The zero-order valence-corrected chi connectivity index (χ0v) is 24.0. The number of nitrogens with zero attached hydrogens (tertiary/aromatic N) is 2. The number of carboxylic acid groups (broad SMARTS) is 2. The van der Waals surface area contributed by atoms with E-state index in [9.17, 15) is 19.2 Å². The molecule has 0 radical (unpaired) electrons. The van der Waals surface area contributed by atoms with E-state index in [0.717, 1.165) is 22.3 Å². The van der Waals surface area contributed by atoms with Gasteiger partial charge in [-0.1, -0.05) is 6.92 Å². The number of carbonyl (C=O) groups excluding carboxylic acids is 2. The molecule has 0 bridgehead atoms. The molecule has 0 unspecified atom stereocenters. The van der Waals surface area contributed by atoms with Gasteiger partial charge in [-0.05, 0) is 46.5 Å². The Labute approximate surface area is 272 Å². The maximum atomic E-state index is 12.6. The summed E-state index contributed by atoms with van der Waals surface area (Å²) in [5.74, 6) is -0.969. The van der Waals surface area contributed by atoms with Crippen molar-refractivity contribution in [3.8, 4) is 23.0 Å². The molecule has 2 heterocycles. The monoisotopic (exact) mass is 608 g/mol. The summed E-state index contributed by atoms with van der Waals surface area (Å²) in [7, 11) is 3.09. The van der Waals surface area contributed by atoms with Crippen molar-refractivity contribution < 1.29 is 48.3 Å². The molecule has 2 N–H and O–H groups in total. The van der Waals surface area contributed by atoms with Crippen molar-refractivity contribution in [1.82, 2.24) is 9.80 Å². The van der Waals surface area contributed by atoms with Crippen molar-refractivity contribution in [1.29, 1.82) is 0 Å². The molecule has 2 aromatic rings. The quantitative estimate of drug-likeness (QED) is 0.242. The number of methoxy groups -OCH3 is 2. The third kappa shape index (κ3) is 8.55. The molecule has 2 amide bonds. The van der Waals surface area contributed by atoms with E-state index in [1.165, 1.54) is 6.92 Å². The number of hydrogen-bond donors (Lipinski definition) is 2. The summed E-state index contributed by atoms with van der Waals surface area (Å²) >= 11 is 0. The molecule has 0 saturated carbocycles. The van der Waals surface area contributed by atoms with Crippen molar-refractivity contribution in [2.45, 2.75) is 58.8 Å². The summed E-state index contributed by atoms with van der Waals surface area (Å²) < 4.78 is 23.0. The average Bonchev–Trinajstić information content (AvgIpc) is 3.58. The van der Waals surface area contributed by atoms with E-state index in [0.29, 0.717) is 68.8 Å². The van der Waals surface area contributed by atoms with Crippen LogP contribution in [0.2, 0.25) is 0 Å². The van der Waals surface area contributed by atoms with Crippen molar-refractivity contribution in [2.24, 2.45) is 5.92 Å². The Morgan fingerprint density at radius 1 is 0.721 bits per heavy atom. The number of carbonyl (C=O) groups is 4. The standard InChI is InChI=1S/C30H36N2O10.Na.H/c1-18(30(37)38)9-28(34)32-16-20-11-24(40-3)26(13-22(20)17-32)42-8-4-7-41-25-12-21-15-31(27(33)5-6-29(35)36)14-19(21)10-23(25)39-2;;/h10-13,18H,4-9,14-17H2,1-3H3,(H,35,36)(H,37,38);;/t18-;;/m0../s1. The van der Waals surface area contributed by atoms with Gasteiger partial charge < -0.3 is 39.0 Å². The molecule has 1 atom stereocenters. The molecule has 0 fully saturated rings. The molecular weight excluding hydrogens is 571 g/mol. The minimum atomic E-state index is -1.00. The van der Waals surface area contributed by atoms with Crippen LogP contribution in [-0.4, -0.2) is 101 Å². The van der Waals surface area contributed by atoms with Gasteiger partial charge in [0.1, 0.15) is 0 Å². The van der Waals surface area contributed by atoms with Gasteiger partial charge in [0.05, 0.1) is 39.8 Å². The number of aliphatic carboxylic acids is 2. The molecule has 2 aromatic carbocycles. The number of amides is 2. The summed E-state index contributed by atoms with van der Waals surface area (Å²) in [6, 6.07) is 7.40. The first-order valence-electron chi connectivity index (χ1n) is 13.7. The van der Waals surface area contributed by atoms with Crippen LogP contribution in [0.3, 0.4) is 0 Å². The predicted octanol–water partition coefficient (Wildman–Crippen LogP) is 2.56. The third-order valence-corrected chi connectivity index (χ3v) is 7.38. The first-order valence-corrected chi connectivity index (χ1v) is 13.7. The van der Waals surface area contributed by atoms with Crippen LogP contribution in [0.5, 0.6) is 23.0 Å². The average molecular weight is 609 g/mol. The van der Waals surface area contributed by atoms with Gasteiger partial charge in [0, 0.05) is 45.4 Å². The summed E-state index contributed by atoms with van der Waals surface area (Å²) in [4.78, 5) is 50.1. The van der Waals surface area contributed by atoms with Crippen LogP contribution >= 0.6 is 0 Å². The van der Waals surface area contributed by atoms with Crippen LogP contribution in [0.25, 0.3) is 0 Å². The zero-order chi connectivity index (χ0) is 30.4. The summed E-state index contributed by atoms with van der Waals surface area (Å²) in [6.07, 6.45) is 0.260. The molecule has 2 aliphatic heterocycles. The fourth-order valence-corrected chi connectivity index (χ4v) is 4.98. The Morgan fingerprint density at radius 2 is 1.14 bits per heavy atom. The van der Waals surface area contributed by atoms with Crippen molar-refractivity contribution in [2.75, 3.05) is 27.4 Å². The van der Waals surface area contributed by atoms with Crippen LogP contribution in [0, 0.1) is 5.92 Å². The number of ether oxygens (including phenoxy) is 4. The second-order valence-electron chi connectivity index (χ2n) is 10.4. The van der Waals surface area contributed by atoms with E-state index in [1.807, 2.05) is 24.3 Å². The van der Waals surface area contributed by atoms with E-state index < -0.39 is 17.9 Å². The molecule has 43 heavy (non-hydrogen) atoms. The summed E-state index contributed by atoms with van der Waals surface area (Å²) in [5.41, 5.74) is 3.73. The Balaban J connectivity index is 0.00000506. The van der Waals surface area contributed by atoms with Crippen molar-refractivity contribution in [3.63, 3.8) is 0 Å². The van der Waals surface area contributed by atoms with E-state index in [1.54, 1.807) is 24.0 Å². The Hall–Kier alpha value is -3.48. The molecule has 228 valence electrons. The number of benzene rings is 2. The predicted molar refractivity (Wildman–Crippen MR) is 156 cm³/mol. The van der Waals surface area contributed by atoms with Gasteiger partial charge in [0.2, 0.25) is 11.8 Å². The topological polar surface area (TPSA) is 152 Å².